The number of hydrogen-bond acceptors (Lipinski definition) is 1. The summed E-state index contributed by atoms with van der Waals surface area (Å²) in [6, 6.07) is 15.5. The molecule has 1 N–H and O–H groups in total. The van der Waals surface area contributed by atoms with Crippen LogP contribution in [0.4, 0.5) is 4.39 Å². The Morgan fingerprint density at radius 3 is 2.39 bits per heavy atom. The lowest BCUT2D eigenvalue weighted by molar-refractivity contribution is 0.544. The smallest absolute Gasteiger partial charge is 0.127 e. The van der Waals surface area contributed by atoms with Crippen LogP contribution in [0.2, 0.25) is 0 Å². The molecule has 0 aromatic heterocycles. The van der Waals surface area contributed by atoms with E-state index in [1.54, 1.807) is 6.07 Å². The number of rotatable bonds is 4. The molecule has 0 amide bonds. The van der Waals surface area contributed by atoms with E-state index in [0.717, 1.165) is 0 Å². The molecule has 1 nitrogen and oxygen atoms in total. The Balaban J connectivity index is 1.98. The van der Waals surface area contributed by atoms with Gasteiger partial charge in [-0.05, 0) is 25.5 Å². The number of nitrogens with one attached hydrogen (secondary N) is 1. The Morgan fingerprint density at radius 2 is 1.72 bits per heavy atom. The van der Waals surface area contributed by atoms with Crippen molar-refractivity contribution in [3.8, 4) is 0 Å². The summed E-state index contributed by atoms with van der Waals surface area (Å²) in [5.74, 6) is -0.152. The molecule has 2 heteroatoms. The van der Waals surface area contributed by atoms with Crippen LogP contribution in [0.15, 0.2) is 48.5 Å². The number of halogens is 1. The van der Waals surface area contributed by atoms with Gasteiger partial charge in [-0.15, -0.1) is 0 Å². The summed E-state index contributed by atoms with van der Waals surface area (Å²) in [7, 11) is 0. The van der Waals surface area contributed by atoms with Crippen LogP contribution >= 0.6 is 0 Å². The van der Waals surface area contributed by atoms with E-state index in [9.17, 15) is 4.39 Å². The van der Waals surface area contributed by atoms with Crippen LogP contribution in [-0.2, 0) is 6.54 Å². The third-order valence-corrected chi connectivity index (χ3v) is 3.13. The molecular formula is C16H18FN. The minimum atomic E-state index is -0.152. The number of benzene rings is 2. The van der Waals surface area contributed by atoms with Crippen LogP contribution < -0.4 is 5.32 Å². The fourth-order valence-corrected chi connectivity index (χ4v) is 1.88. The summed E-state index contributed by atoms with van der Waals surface area (Å²) < 4.78 is 13.5. The second-order valence-corrected chi connectivity index (χ2v) is 4.60. The monoisotopic (exact) mass is 243 g/mol. The Bertz CT molecular complexity index is 505. The van der Waals surface area contributed by atoms with Gasteiger partial charge in [-0.1, -0.05) is 48.0 Å². The Kier molecular flexibility index (Phi) is 4.11. The molecule has 0 radical (unpaired) electrons. The van der Waals surface area contributed by atoms with Gasteiger partial charge in [0.1, 0.15) is 5.82 Å². The van der Waals surface area contributed by atoms with Crippen LogP contribution in [0.3, 0.4) is 0 Å². The van der Waals surface area contributed by atoms with E-state index in [2.05, 4.69) is 43.4 Å². The molecule has 0 spiro atoms. The molecule has 0 aliphatic heterocycles. The molecule has 0 saturated heterocycles. The molecule has 94 valence electrons. The van der Waals surface area contributed by atoms with Gasteiger partial charge in [0.25, 0.3) is 0 Å². The third kappa shape index (κ3) is 3.17. The van der Waals surface area contributed by atoms with E-state index in [4.69, 9.17) is 0 Å². The van der Waals surface area contributed by atoms with E-state index in [1.807, 2.05) is 12.1 Å². The van der Waals surface area contributed by atoms with Crippen molar-refractivity contribution in [1.29, 1.82) is 0 Å². The minimum Gasteiger partial charge on any atom is -0.306 e. The summed E-state index contributed by atoms with van der Waals surface area (Å²) in [5, 5.41) is 3.34. The van der Waals surface area contributed by atoms with Crippen LogP contribution in [0.1, 0.15) is 29.7 Å². The van der Waals surface area contributed by atoms with Crippen molar-refractivity contribution in [1.82, 2.24) is 5.32 Å². The first-order chi connectivity index (χ1) is 8.66. The quantitative estimate of drug-likeness (QED) is 0.856. The van der Waals surface area contributed by atoms with E-state index in [0.29, 0.717) is 12.1 Å². The van der Waals surface area contributed by atoms with Crippen molar-refractivity contribution in [2.75, 3.05) is 0 Å². The summed E-state index contributed by atoms with van der Waals surface area (Å²) in [5.41, 5.74) is 3.17. The second kappa shape index (κ2) is 5.78. The first-order valence-electron chi connectivity index (χ1n) is 6.20. The fraction of sp³-hybridized carbons (Fsp3) is 0.250. The Hall–Kier alpha value is -1.67. The Labute approximate surface area is 108 Å². The zero-order valence-corrected chi connectivity index (χ0v) is 10.8. The minimum absolute atomic E-state index is 0.152. The molecule has 0 aliphatic rings. The standard InChI is InChI=1S/C16H18FN/c1-12-7-9-14(10-8-12)13(2)18-11-15-5-3-4-6-16(15)17/h3-10,13,18H,11H2,1-2H3. The highest BCUT2D eigenvalue weighted by atomic mass is 19.1. The van der Waals surface area contributed by atoms with Gasteiger partial charge in [-0.3, -0.25) is 0 Å². The predicted octanol–water partition coefficient (Wildman–Crippen LogP) is 3.98. The zero-order chi connectivity index (χ0) is 13.0. The van der Waals surface area contributed by atoms with Crippen molar-refractivity contribution in [3.05, 3.63) is 71.0 Å². The maximum atomic E-state index is 13.5. The van der Waals surface area contributed by atoms with E-state index in [1.165, 1.54) is 17.2 Å². The highest BCUT2D eigenvalue weighted by molar-refractivity contribution is 5.24. The van der Waals surface area contributed by atoms with Gasteiger partial charge in [0.2, 0.25) is 0 Å². The first-order valence-corrected chi connectivity index (χ1v) is 6.20. The normalized spacial score (nSPS) is 12.4. The summed E-state index contributed by atoms with van der Waals surface area (Å²) >= 11 is 0. The zero-order valence-electron chi connectivity index (χ0n) is 10.8. The van der Waals surface area contributed by atoms with Gasteiger partial charge in [-0.2, -0.15) is 0 Å². The largest absolute Gasteiger partial charge is 0.306 e. The Morgan fingerprint density at radius 1 is 1.06 bits per heavy atom. The van der Waals surface area contributed by atoms with Gasteiger partial charge >= 0.3 is 0 Å². The molecule has 2 aromatic rings. The summed E-state index contributed by atoms with van der Waals surface area (Å²) in [6.45, 7) is 4.70. The van der Waals surface area contributed by atoms with Crippen LogP contribution in [0, 0.1) is 12.7 Å². The lowest BCUT2D eigenvalue weighted by Gasteiger charge is -2.14. The SMILES string of the molecule is Cc1ccc(C(C)NCc2ccccc2F)cc1. The average molecular weight is 243 g/mol. The van der Waals surface area contributed by atoms with Crippen LogP contribution in [-0.4, -0.2) is 0 Å². The molecular weight excluding hydrogens is 225 g/mol. The topological polar surface area (TPSA) is 12.0 Å². The lowest BCUT2D eigenvalue weighted by Crippen LogP contribution is -2.18. The molecule has 1 atom stereocenters. The molecule has 0 saturated carbocycles. The first kappa shape index (κ1) is 12.8. The van der Waals surface area contributed by atoms with Gasteiger partial charge in [0, 0.05) is 18.2 Å². The summed E-state index contributed by atoms with van der Waals surface area (Å²) in [6.07, 6.45) is 0. The maximum Gasteiger partial charge on any atom is 0.127 e. The van der Waals surface area contributed by atoms with Crippen molar-refractivity contribution in [2.24, 2.45) is 0 Å². The number of aryl methyl sites for hydroxylation is 1. The molecule has 1 unspecified atom stereocenters. The van der Waals surface area contributed by atoms with Crippen molar-refractivity contribution in [3.63, 3.8) is 0 Å². The van der Waals surface area contributed by atoms with Crippen LogP contribution in [0.5, 0.6) is 0 Å². The summed E-state index contributed by atoms with van der Waals surface area (Å²) in [4.78, 5) is 0. The lowest BCUT2D eigenvalue weighted by atomic mass is 10.1. The highest BCUT2D eigenvalue weighted by Crippen LogP contribution is 2.14. The maximum absolute atomic E-state index is 13.5. The van der Waals surface area contributed by atoms with Crippen molar-refractivity contribution < 1.29 is 4.39 Å². The molecule has 2 aromatic carbocycles. The predicted molar refractivity (Wildman–Crippen MR) is 72.8 cm³/mol. The molecule has 0 aliphatic carbocycles. The molecule has 0 heterocycles. The molecule has 0 bridgehead atoms. The molecule has 18 heavy (non-hydrogen) atoms. The third-order valence-electron chi connectivity index (χ3n) is 3.13. The fourth-order valence-electron chi connectivity index (χ4n) is 1.88. The molecule has 0 fully saturated rings. The van der Waals surface area contributed by atoms with E-state index in [-0.39, 0.29) is 11.9 Å². The van der Waals surface area contributed by atoms with Crippen LogP contribution in [0.25, 0.3) is 0 Å². The van der Waals surface area contributed by atoms with E-state index >= 15 is 0 Å². The van der Waals surface area contributed by atoms with Gasteiger partial charge in [0.15, 0.2) is 0 Å². The van der Waals surface area contributed by atoms with Gasteiger partial charge in [-0.25, -0.2) is 4.39 Å². The number of hydrogen-bond donors (Lipinski definition) is 1. The van der Waals surface area contributed by atoms with Crippen molar-refractivity contribution in [2.45, 2.75) is 26.4 Å². The molecule has 2 rings (SSSR count). The van der Waals surface area contributed by atoms with Crippen molar-refractivity contribution >= 4 is 0 Å². The highest BCUT2D eigenvalue weighted by Gasteiger charge is 2.06. The van der Waals surface area contributed by atoms with Gasteiger partial charge in [0.05, 0.1) is 0 Å². The van der Waals surface area contributed by atoms with E-state index < -0.39 is 0 Å². The average Bonchev–Trinajstić information content (AvgIpc) is 2.38. The van der Waals surface area contributed by atoms with Gasteiger partial charge < -0.3 is 5.32 Å². The second-order valence-electron chi connectivity index (χ2n) is 4.60.